The van der Waals surface area contributed by atoms with Gasteiger partial charge in [0.1, 0.15) is 0 Å². The first-order valence-corrected chi connectivity index (χ1v) is 5.85. The first kappa shape index (κ1) is 12.6. The average molecular weight is 278 g/mol. The third-order valence-corrected chi connectivity index (χ3v) is 2.56. The van der Waals surface area contributed by atoms with E-state index in [1.807, 2.05) is 12.1 Å². The van der Waals surface area contributed by atoms with Crippen molar-refractivity contribution in [2.75, 3.05) is 6.54 Å². The van der Waals surface area contributed by atoms with Crippen LogP contribution in [0.1, 0.15) is 24.5 Å². The van der Waals surface area contributed by atoms with Gasteiger partial charge in [0, 0.05) is 27.9 Å². The molecule has 0 saturated heterocycles. The maximum atomic E-state index is 8.10. The second-order valence-corrected chi connectivity index (χ2v) is 4.08. The van der Waals surface area contributed by atoms with Gasteiger partial charge in [-0.3, -0.25) is 0 Å². The maximum absolute atomic E-state index is 8.10. The molecule has 0 aliphatic carbocycles. The van der Waals surface area contributed by atoms with Crippen molar-refractivity contribution in [3.05, 3.63) is 44.2 Å². The number of hydrogen-bond donors (Lipinski definition) is 0. The lowest BCUT2D eigenvalue weighted by Gasteiger charge is -2.01. The second kappa shape index (κ2) is 6.95. The summed E-state index contributed by atoms with van der Waals surface area (Å²) in [6, 6.07) is 6.07. The Kier molecular flexibility index (Phi) is 5.49. The van der Waals surface area contributed by atoms with Crippen LogP contribution in [0.3, 0.4) is 0 Å². The SMILES string of the molecule is CCc1cc(Br)ccc1C#CCCN=[N+]=[N-]. The Bertz CT molecular complexity index is 465. The molecule has 0 bridgehead atoms. The number of rotatable bonds is 3. The van der Waals surface area contributed by atoms with E-state index in [1.165, 1.54) is 5.56 Å². The number of benzene rings is 1. The van der Waals surface area contributed by atoms with Gasteiger partial charge in [-0.25, -0.2) is 0 Å². The van der Waals surface area contributed by atoms with Crippen LogP contribution in [0, 0.1) is 11.8 Å². The fraction of sp³-hybridized carbons (Fsp3) is 0.333. The zero-order chi connectivity index (χ0) is 11.8. The highest BCUT2D eigenvalue weighted by Crippen LogP contribution is 2.16. The van der Waals surface area contributed by atoms with E-state index in [9.17, 15) is 0 Å². The minimum Gasteiger partial charge on any atom is -0.0978 e. The molecule has 0 radical (unpaired) electrons. The summed E-state index contributed by atoms with van der Waals surface area (Å²) >= 11 is 3.44. The van der Waals surface area contributed by atoms with Crippen LogP contribution >= 0.6 is 15.9 Å². The molecule has 16 heavy (non-hydrogen) atoms. The van der Waals surface area contributed by atoms with Gasteiger partial charge in [-0.1, -0.05) is 39.8 Å². The zero-order valence-corrected chi connectivity index (χ0v) is 10.7. The van der Waals surface area contributed by atoms with Gasteiger partial charge in [0.2, 0.25) is 0 Å². The van der Waals surface area contributed by atoms with E-state index in [-0.39, 0.29) is 0 Å². The van der Waals surface area contributed by atoms with Crippen LogP contribution in [0.15, 0.2) is 27.8 Å². The van der Waals surface area contributed by atoms with Crippen LogP contribution in [-0.2, 0) is 6.42 Å². The van der Waals surface area contributed by atoms with E-state index >= 15 is 0 Å². The third-order valence-electron chi connectivity index (χ3n) is 2.07. The normalized spacial score (nSPS) is 8.88. The van der Waals surface area contributed by atoms with Crippen LogP contribution in [0.4, 0.5) is 0 Å². The lowest BCUT2D eigenvalue weighted by atomic mass is 10.1. The molecule has 0 aliphatic heterocycles. The number of hydrogen-bond acceptors (Lipinski definition) is 1. The van der Waals surface area contributed by atoms with Crippen molar-refractivity contribution in [3.63, 3.8) is 0 Å². The number of aryl methyl sites for hydroxylation is 1. The topological polar surface area (TPSA) is 48.8 Å². The molecule has 4 heteroatoms. The Labute approximate surface area is 104 Å². The van der Waals surface area contributed by atoms with Crippen LogP contribution in [0.2, 0.25) is 0 Å². The summed E-state index contributed by atoms with van der Waals surface area (Å²) in [6.45, 7) is 2.54. The molecule has 0 unspecified atom stereocenters. The summed E-state index contributed by atoms with van der Waals surface area (Å²) in [5.74, 6) is 6.10. The Morgan fingerprint density at radius 3 is 3.00 bits per heavy atom. The van der Waals surface area contributed by atoms with Crippen molar-refractivity contribution in [1.82, 2.24) is 0 Å². The largest absolute Gasteiger partial charge is 0.0978 e. The second-order valence-electron chi connectivity index (χ2n) is 3.16. The summed E-state index contributed by atoms with van der Waals surface area (Å²) in [7, 11) is 0. The van der Waals surface area contributed by atoms with Gasteiger partial charge in [-0.05, 0) is 35.7 Å². The molecule has 0 aliphatic rings. The fourth-order valence-corrected chi connectivity index (χ4v) is 1.69. The quantitative estimate of drug-likeness (QED) is 0.263. The van der Waals surface area contributed by atoms with E-state index in [0.717, 1.165) is 16.5 Å². The average Bonchev–Trinajstić information content (AvgIpc) is 2.30. The van der Waals surface area contributed by atoms with Gasteiger partial charge in [0.25, 0.3) is 0 Å². The van der Waals surface area contributed by atoms with Crippen LogP contribution in [-0.4, -0.2) is 6.54 Å². The van der Waals surface area contributed by atoms with E-state index < -0.39 is 0 Å². The highest BCUT2D eigenvalue weighted by molar-refractivity contribution is 9.10. The first-order chi connectivity index (χ1) is 7.77. The summed E-state index contributed by atoms with van der Waals surface area (Å²) in [5.41, 5.74) is 10.4. The molecule has 0 atom stereocenters. The predicted molar refractivity (Wildman–Crippen MR) is 69.0 cm³/mol. The first-order valence-electron chi connectivity index (χ1n) is 5.06. The minimum atomic E-state index is 0.432. The molecule has 0 fully saturated rings. The number of halogens is 1. The molecule has 0 N–H and O–H groups in total. The molecule has 0 aromatic heterocycles. The Hall–Kier alpha value is -1.43. The molecule has 1 rings (SSSR count). The molecule has 1 aromatic rings. The maximum Gasteiger partial charge on any atom is 0.0367 e. The van der Waals surface area contributed by atoms with E-state index in [0.29, 0.717) is 13.0 Å². The number of azide groups is 1. The third kappa shape index (κ3) is 3.98. The van der Waals surface area contributed by atoms with Gasteiger partial charge in [0.15, 0.2) is 0 Å². The van der Waals surface area contributed by atoms with Crippen LogP contribution in [0.5, 0.6) is 0 Å². The molecule has 3 nitrogen and oxygen atoms in total. The van der Waals surface area contributed by atoms with Gasteiger partial charge >= 0.3 is 0 Å². The summed E-state index contributed by atoms with van der Waals surface area (Å²) in [6.07, 6.45) is 1.56. The predicted octanol–water partition coefficient (Wildman–Crippen LogP) is 4.06. The molecule has 0 saturated carbocycles. The molecular formula is C12H12BrN3. The molecule has 1 aromatic carbocycles. The molecule has 0 spiro atoms. The zero-order valence-electron chi connectivity index (χ0n) is 9.07. The molecular weight excluding hydrogens is 266 g/mol. The highest BCUT2D eigenvalue weighted by atomic mass is 79.9. The summed E-state index contributed by atoms with van der Waals surface area (Å²) < 4.78 is 1.07. The lowest BCUT2D eigenvalue weighted by molar-refractivity contribution is 1.01. The fourth-order valence-electron chi connectivity index (χ4n) is 1.29. The monoisotopic (exact) mass is 277 g/mol. The molecule has 82 valence electrons. The molecule has 0 amide bonds. The van der Waals surface area contributed by atoms with E-state index in [2.05, 4.69) is 50.8 Å². The van der Waals surface area contributed by atoms with Crippen LogP contribution in [0.25, 0.3) is 10.4 Å². The van der Waals surface area contributed by atoms with Crippen molar-refractivity contribution in [3.8, 4) is 11.8 Å². The lowest BCUT2D eigenvalue weighted by Crippen LogP contribution is -1.87. The molecule has 0 heterocycles. The Balaban J connectivity index is 2.75. The van der Waals surface area contributed by atoms with Crippen molar-refractivity contribution in [2.45, 2.75) is 19.8 Å². The number of nitrogens with zero attached hydrogens (tertiary/aromatic N) is 3. The summed E-state index contributed by atoms with van der Waals surface area (Å²) in [5, 5.41) is 3.43. The summed E-state index contributed by atoms with van der Waals surface area (Å²) in [4.78, 5) is 2.68. The van der Waals surface area contributed by atoms with Gasteiger partial charge in [-0.2, -0.15) is 0 Å². The van der Waals surface area contributed by atoms with E-state index in [1.54, 1.807) is 0 Å². The van der Waals surface area contributed by atoms with Gasteiger partial charge in [-0.15, -0.1) is 0 Å². The van der Waals surface area contributed by atoms with E-state index in [4.69, 9.17) is 5.53 Å². The van der Waals surface area contributed by atoms with Crippen molar-refractivity contribution in [2.24, 2.45) is 5.11 Å². The standard InChI is InChI=1S/C12H12BrN3/c1-2-10-9-12(13)7-6-11(10)5-3-4-8-15-16-14/h6-7,9H,2,4,8H2,1H3. The van der Waals surface area contributed by atoms with Crippen molar-refractivity contribution < 1.29 is 0 Å². The highest BCUT2D eigenvalue weighted by Gasteiger charge is 1.97. The Morgan fingerprint density at radius 2 is 2.31 bits per heavy atom. The van der Waals surface area contributed by atoms with Gasteiger partial charge < -0.3 is 0 Å². The minimum absolute atomic E-state index is 0.432. The Morgan fingerprint density at radius 1 is 1.50 bits per heavy atom. The van der Waals surface area contributed by atoms with Crippen molar-refractivity contribution in [1.29, 1.82) is 0 Å². The van der Waals surface area contributed by atoms with Crippen molar-refractivity contribution >= 4 is 15.9 Å². The van der Waals surface area contributed by atoms with Gasteiger partial charge in [0.05, 0.1) is 0 Å². The van der Waals surface area contributed by atoms with Crippen LogP contribution < -0.4 is 0 Å². The smallest absolute Gasteiger partial charge is 0.0367 e.